The fraction of sp³-hybridized carbons (Fsp3) is 0.214. The summed E-state index contributed by atoms with van der Waals surface area (Å²) < 4.78 is 42.5. The maximum Gasteiger partial charge on any atom is 0.573 e. The Kier molecular flexibility index (Phi) is 7.78. The van der Waals surface area contributed by atoms with Crippen molar-refractivity contribution >= 4 is 29.6 Å². The minimum absolute atomic E-state index is 0.0349. The van der Waals surface area contributed by atoms with Gasteiger partial charge < -0.3 is 4.74 Å². The van der Waals surface area contributed by atoms with Crippen LogP contribution in [0.2, 0.25) is 0 Å². The van der Waals surface area contributed by atoms with Crippen LogP contribution in [0, 0.1) is 0 Å². The summed E-state index contributed by atoms with van der Waals surface area (Å²) in [6.07, 6.45) is -1.59. The molecule has 1 aliphatic heterocycles. The first-order valence-corrected chi connectivity index (χ1v) is 13.4. The van der Waals surface area contributed by atoms with Gasteiger partial charge in [0.15, 0.2) is 11.3 Å². The average molecular weight is 567 g/mol. The highest BCUT2D eigenvalue weighted by atomic mass is 32.2. The maximum absolute atomic E-state index is 12.7. The zero-order valence-electron chi connectivity index (χ0n) is 21.5. The molecule has 3 aromatic carbocycles. The molecule has 0 spiro atoms. The number of thioether (sulfide) groups is 1. The lowest BCUT2D eigenvalue weighted by Crippen LogP contribution is -2.40. The average Bonchev–Trinajstić information content (AvgIpc) is 3.56. The van der Waals surface area contributed by atoms with Gasteiger partial charge >= 0.3 is 6.36 Å². The van der Waals surface area contributed by atoms with Crippen LogP contribution in [0.1, 0.15) is 30.9 Å². The molecule has 12 heteroatoms. The number of anilines is 1. The zero-order valence-corrected chi connectivity index (χ0v) is 22.4. The molecule has 1 saturated heterocycles. The number of hydrazone groups is 1. The van der Waals surface area contributed by atoms with Crippen LogP contribution in [-0.4, -0.2) is 44.5 Å². The number of rotatable bonds is 8. The third kappa shape index (κ3) is 6.28. The van der Waals surface area contributed by atoms with Gasteiger partial charge in [-0.05, 0) is 47.4 Å². The number of carbonyl (C=O) groups is 1. The molecule has 5 rings (SSSR count). The molecule has 0 radical (unpaired) electrons. The smallest absolute Gasteiger partial charge is 0.406 e. The first kappa shape index (κ1) is 27.3. The number of benzene rings is 3. The Morgan fingerprint density at radius 3 is 2.50 bits per heavy atom. The van der Waals surface area contributed by atoms with E-state index in [0.717, 1.165) is 22.4 Å². The summed E-state index contributed by atoms with van der Waals surface area (Å²) in [6, 6.07) is 20.7. The molecular weight excluding hydrogens is 541 g/mol. The van der Waals surface area contributed by atoms with Gasteiger partial charge in [0.05, 0.1) is 23.3 Å². The second-order valence-corrected chi connectivity index (χ2v) is 10.3. The Morgan fingerprint density at radius 1 is 1.07 bits per heavy atom. The molecule has 1 N–H and O–H groups in total. The normalized spacial score (nSPS) is 15.8. The van der Waals surface area contributed by atoms with Crippen LogP contribution in [0.15, 0.2) is 84.2 Å². The Labute approximate surface area is 232 Å². The fourth-order valence-electron chi connectivity index (χ4n) is 4.19. The van der Waals surface area contributed by atoms with Crippen LogP contribution in [0.3, 0.4) is 0 Å². The predicted molar refractivity (Wildman–Crippen MR) is 148 cm³/mol. The lowest BCUT2D eigenvalue weighted by atomic mass is 10.0. The number of para-hydroxylation sites is 1. The van der Waals surface area contributed by atoms with E-state index in [1.807, 2.05) is 48.5 Å². The number of halogens is 3. The van der Waals surface area contributed by atoms with Gasteiger partial charge in [0, 0.05) is 5.56 Å². The van der Waals surface area contributed by atoms with E-state index in [1.54, 1.807) is 11.1 Å². The maximum atomic E-state index is 12.7. The minimum atomic E-state index is -4.75. The van der Waals surface area contributed by atoms with E-state index in [1.165, 1.54) is 47.0 Å². The monoisotopic (exact) mass is 566 g/mol. The Morgan fingerprint density at radius 2 is 1.80 bits per heavy atom. The minimum Gasteiger partial charge on any atom is -0.406 e. The summed E-state index contributed by atoms with van der Waals surface area (Å²) in [6.45, 7) is 4.20. The fourth-order valence-corrected chi connectivity index (χ4v) is 5.15. The van der Waals surface area contributed by atoms with Crippen LogP contribution in [0.4, 0.5) is 18.9 Å². The summed E-state index contributed by atoms with van der Waals surface area (Å²) >= 11 is 1.49. The standard InChI is InChI=1S/C28H25F3N6O2S/c1-18(2)23-5-3-4-6-24(23)37-25(38)16-40-27(37)34-33-15-19-7-9-20(10-8-19)26-32-17-36(35-26)21-11-13-22(14-12-21)39-28(29,30)31/h3-15,17-18,27,34H,16H2,1-2H3/b33-15-. The van der Waals surface area contributed by atoms with E-state index in [0.29, 0.717) is 17.3 Å². The Hall–Kier alpha value is -4.32. The number of ether oxygens (including phenoxy) is 1. The third-order valence-corrected chi connectivity index (χ3v) is 7.13. The molecular formula is C28H25F3N6O2S. The van der Waals surface area contributed by atoms with Gasteiger partial charge in [0.25, 0.3) is 0 Å². The number of aromatic nitrogens is 3. The lowest BCUT2D eigenvalue weighted by Gasteiger charge is -2.26. The number of hydrogen-bond donors (Lipinski definition) is 1. The van der Waals surface area contributed by atoms with Gasteiger partial charge in [0.1, 0.15) is 12.1 Å². The van der Waals surface area contributed by atoms with E-state index in [4.69, 9.17) is 0 Å². The summed E-state index contributed by atoms with van der Waals surface area (Å²) in [5.74, 6) is 0.829. The van der Waals surface area contributed by atoms with Crippen molar-refractivity contribution in [1.29, 1.82) is 0 Å². The van der Waals surface area contributed by atoms with Gasteiger partial charge in [0.2, 0.25) is 5.91 Å². The van der Waals surface area contributed by atoms with E-state index in [2.05, 4.69) is 39.2 Å². The van der Waals surface area contributed by atoms with Crippen molar-refractivity contribution in [2.24, 2.45) is 5.10 Å². The number of amides is 1. The molecule has 4 aromatic rings. The highest BCUT2D eigenvalue weighted by molar-refractivity contribution is 8.01. The number of hydrogen-bond acceptors (Lipinski definition) is 7. The molecule has 1 fully saturated rings. The molecule has 8 nitrogen and oxygen atoms in total. The largest absolute Gasteiger partial charge is 0.573 e. The van der Waals surface area contributed by atoms with Crippen molar-refractivity contribution in [1.82, 2.24) is 20.2 Å². The highest BCUT2D eigenvalue weighted by Gasteiger charge is 2.34. The van der Waals surface area contributed by atoms with E-state index in [9.17, 15) is 18.0 Å². The van der Waals surface area contributed by atoms with E-state index >= 15 is 0 Å². The summed E-state index contributed by atoms with van der Waals surface area (Å²) in [4.78, 5) is 18.7. The van der Waals surface area contributed by atoms with Crippen molar-refractivity contribution in [2.45, 2.75) is 31.6 Å². The van der Waals surface area contributed by atoms with Crippen LogP contribution in [0.5, 0.6) is 5.75 Å². The molecule has 1 aliphatic rings. The summed E-state index contributed by atoms with van der Waals surface area (Å²) in [5.41, 5.74) is 6.91. The molecule has 40 heavy (non-hydrogen) atoms. The van der Waals surface area contributed by atoms with Crippen molar-refractivity contribution in [3.8, 4) is 22.8 Å². The summed E-state index contributed by atoms with van der Waals surface area (Å²) in [5, 5.41) is 8.80. The quantitative estimate of drug-likeness (QED) is 0.210. The second kappa shape index (κ2) is 11.4. The number of carbonyl (C=O) groups excluding carboxylic acids is 1. The molecule has 0 bridgehead atoms. The third-order valence-electron chi connectivity index (χ3n) is 6.08. The summed E-state index contributed by atoms with van der Waals surface area (Å²) in [7, 11) is 0. The zero-order chi connectivity index (χ0) is 28.3. The highest BCUT2D eigenvalue weighted by Crippen LogP contribution is 2.34. The van der Waals surface area contributed by atoms with Crippen molar-refractivity contribution in [2.75, 3.05) is 10.7 Å². The molecule has 2 heterocycles. The second-order valence-electron chi connectivity index (χ2n) is 9.20. The van der Waals surface area contributed by atoms with Gasteiger partial charge in [-0.25, -0.2) is 9.67 Å². The number of alkyl halides is 3. The van der Waals surface area contributed by atoms with E-state index < -0.39 is 6.36 Å². The van der Waals surface area contributed by atoms with E-state index in [-0.39, 0.29) is 23.1 Å². The first-order valence-electron chi connectivity index (χ1n) is 12.4. The molecule has 1 atom stereocenters. The topological polar surface area (TPSA) is 84.6 Å². The molecule has 1 amide bonds. The first-order chi connectivity index (χ1) is 19.2. The van der Waals surface area contributed by atoms with Gasteiger partial charge in [-0.15, -0.1) is 30.0 Å². The number of nitrogens with one attached hydrogen (secondary N) is 1. The van der Waals surface area contributed by atoms with Gasteiger partial charge in [-0.3, -0.25) is 15.1 Å². The van der Waals surface area contributed by atoms with Crippen LogP contribution >= 0.6 is 11.8 Å². The van der Waals surface area contributed by atoms with Crippen LogP contribution in [-0.2, 0) is 4.79 Å². The molecule has 1 unspecified atom stereocenters. The molecule has 1 aromatic heterocycles. The lowest BCUT2D eigenvalue weighted by molar-refractivity contribution is -0.274. The Balaban J connectivity index is 1.23. The molecule has 0 aliphatic carbocycles. The van der Waals surface area contributed by atoms with Crippen molar-refractivity contribution < 1.29 is 22.7 Å². The Bertz CT molecular complexity index is 1500. The number of nitrogens with zero attached hydrogens (tertiary/aromatic N) is 5. The van der Waals surface area contributed by atoms with Crippen LogP contribution < -0.4 is 15.1 Å². The van der Waals surface area contributed by atoms with Gasteiger partial charge in [-0.2, -0.15) is 5.10 Å². The van der Waals surface area contributed by atoms with Crippen molar-refractivity contribution in [3.05, 3.63) is 90.3 Å². The predicted octanol–water partition coefficient (Wildman–Crippen LogP) is 5.94. The SMILES string of the molecule is CC(C)c1ccccc1N1C(=O)CSC1N/N=C\c1ccc(-c2ncn(-c3ccc(OC(F)(F)F)cc3)n2)cc1. The van der Waals surface area contributed by atoms with Crippen molar-refractivity contribution in [3.63, 3.8) is 0 Å². The molecule has 0 saturated carbocycles. The van der Waals surface area contributed by atoms with Gasteiger partial charge in [-0.1, -0.05) is 56.3 Å². The van der Waals surface area contributed by atoms with Crippen LogP contribution in [0.25, 0.3) is 17.1 Å². The molecule has 206 valence electrons.